The second kappa shape index (κ2) is 8.75. The van der Waals surface area contributed by atoms with Gasteiger partial charge in [-0.3, -0.25) is 9.59 Å². The van der Waals surface area contributed by atoms with Gasteiger partial charge in [0.05, 0.1) is 26.9 Å². The van der Waals surface area contributed by atoms with E-state index in [-0.39, 0.29) is 17.2 Å². The molecule has 0 fully saturated rings. The van der Waals surface area contributed by atoms with E-state index in [9.17, 15) is 9.59 Å². The van der Waals surface area contributed by atoms with Crippen LogP contribution in [0.25, 0.3) is 0 Å². The number of nitrogens with one attached hydrogen (secondary N) is 2. The van der Waals surface area contributed by atoms with Gasteiger partial charge in [-0.1, -0.05) is 30.3 Å². The summed E-state index contributed by atoms with van der Waals surface area (Å²) in [4.78, 5) is 25.1. The molecule has 7 heteroatoms. The Morgan fingerprint density at radius 3 is 2.08 bits per heavy atom. The molecule has 2 aromatic carbocycles. The Bertz CT molecular complexity index is 777. The highest BCUT2D eigenvalue weighted by Crippen LogP contribution is 2.39. The van der Waals surface area contributed by atoms with Crippen molar-refractivity contribution in [2.45, 2.75) is 6.04 Å². The van der Waals surface area contributed by atoms with Crippen LogP contribution in [0.5, 0.6) is 17.2 Å². The van der Waals surface area contributed by atoms with Gasteiger partial charge in [0.15, 0.2) is 11.5 Å². The fourth-order valence-electron chi connectivity index (χ4n) is 2.58. The molecular weight excluding hydrogens is 336 g/mol. The molecule has 0 saturated carbocycles. The van der Waals surface area contributed by atoms with Gasteiger partial charge in [0.25, 0.3) is 5.91 Å². The van der Waals surface area contributed by atoms with Crippen LogP contribution in [0.4, 0.5) is 0 Å². The van der Waals surface area contributed by atoms with Gasteiger partial charge in [-0.05, 0) is 17.7 Å². The van der Waals surface area contributed by atoms with Crippen molar-refractivity contribution in [1.29, 1.82) is 0 Å². The van der Waals surface area contributed by atoms with Crippen molar-refractivity contribution >= 4 is 11.8 Å². The molecule has 0 bridgehead atoms. The highest BCUT2D eigenvalue weighted by atomic mass is 16.5. The Morgan fingerprint density at radius 2 is 1.54 bits per heavy atom. The molecule has 2 amide bonds. The summed E-state index contributed by atoms with van der Waals surface area (Å²) in [5.74, 6) is 0.169. The van der Waals surface area contributed by atoms with Gasteiger partial charge in [-0.2, -0.15) is 0 Å². The lowest BCUT2D eigenvalue weighted by molar-refractivity contribution is -0.122. The summed E-state index contributed by atoms with van der Waals surface area (Å²) in [7, 11) is 5.90. The first-order chi connectivity index (χ1) is 12.6. The molecule has 0 radical (unpaired) electrons. The molecule has 1 unspecified atom stereocenters. The number of ether oxygens (including phenoxy) is 3. The number of benzene rings is 2. The molecule has 138 valence electrons. The zero-order valence-electron chi connectivity index (χ0n) is 15.2. The summed E-state index contributed by atoms with van der Waals surface area (Å²) < 4.78 is 15.9. The zero-order valence-corrected chi connectivity index (χ0v) is 15.2. The third-order valence-electron chi connectivity index (χ3n) is 3.87. The lowest BCUT2D eigenvalue weighted by atomic mass is 10.0. The van der Waals surface area contributed by atoms with E-state index in [1.807, 2.05) is 6.07 Å². The number of carbonyl (C=O) groups excluding carboxylic acids is 2. The topological polar surface area (TPSA) is 85.9 Å². The van der Waals surface area contributed by atoms with E-state index < -0.39 is 11.9 Å². The van der Waals surface area contributed by atoms with E-state index in [2.05, 4.69) is 10.6 Å². The van der Waals surface area contributed by atoms with Gasteiger partial charge in [0, 0.05) is 7.05 Å². The van der Waals surface area contributed by atoms with Crippen molar-refractivity contribution in [1.82, 2.24) is 10.6 Å². The van der Waals surface area contributed by atoms with Gasteiger partial charge in [-0.25, -0.2) is 0 Å². The highest BCUT2D eigenvalue weighted by molar-refractivity contribution is 6.01. The van der Waals surface area contributed by atoms with Crippen molar-refractivity contribution in [3.63, 3.8) is 0 Å². The fraction of sp³-hybridized carbons (Fsp3) is 0.263. The molecule has 0 aliphatic rings. The molecule has 0 aromatic heterocycles. The summed E-state index contributed by atoms with van der Waals surface area (Å²) in [6, 6.07) is 11.3. The molecule has 2 rings (SSSR count). The Balaban J connectivity index is 2.40. The van der Waals surface area contributed by atoms with E-state index in [0.717, 1.165) is 0 Å². The van der Waals surface area contributed by atoms with Crippen LogP contribution in [0, 0.1) is 0 Å². The van der Waals surface area contributed by atoms with Gasteiger partial charge >= 0.3 is 0 Å². The van der Waals surface area contributed by atoms with Gasteiger partial charge in [0.2, 0.25) is 11.7 Å². The molecule has 26 heavy (non-hydrogen) atoms. The largest absolute Gasteiger partial charge is 0.493 e. The molecule has 1 atom stereocenters. The molecule has 7 nitrogen and oxygen atoms in total. The molecule has 0 aliphatic carbocycles. The first-order valence-electron chi connectivity index (χ1n) is 7.93. The van der Waals surface area contributed by atoms with Crippen LogP contribution in [-0.4, -0.2) is 40.2 Å². The second-order valence-electron chi connectivity index (χ2n) is 5.31. The summed E-state index contributed by atoms with van der Waals surface area (Å²) in [6.45, 7) is 0. The van der Waals surface area contributed by atoms with Crippen molar-refractivity contribution in [3.05, 3.63) is 53.6 Å². The van der Waals surface area contributed by atoms with E-state index in [0.29, 0.717) is 17.1 Å². The average molecular weight is 358 g/mol. The van der Waals surface area contributed by atoms with Crippen LogP contribution in [0.2, 0.25) is 0 Å². The SMILES string of the molecule is CNC(=O)C(NC(=O)c1ccc(OC)c(OC)c1OC)c1ccccc1. The molecular formula is C19H22N2O5. The monoisotopic (exact) mass is 358 g/mol. The molecule has 0 saturated heterocycles. The first kappa shape index (κ1) is 19.1. The van der Waals surface area contributed by atoms with Crippen LogP contribution in [-0.2, 0) is 4.79 Å². The predicted molar refractivity (Wildman–Crippen MR) is 96.8 cm³/mol. The number of amides is 2. The Kier molecular flexibility index (Phi) is 6.43. The first-order valence-corrected chi connectivity index (χ1v) is 7.93. The normalized spacial score (nSPS) is 11.2. The van der Waals surface area contributed by atoms with Crippen LogP contribution in [0.3, 0.4) is 0 Å². The van der Waals surface area contributed by atoms with Crippen LogP contribution >= 0.6 is 0 Å². The Hall–Kier alpha value is -3.22. The standard InChI is InChI=1S/C19H22N2O5/c1-20-19(23)15(12-8-6-5-7-9-12)21-18(22)13-10-11-14(24-2)17(26-4)16(13)25-3/h5-11,15H,1-4H3,(H,20,23)(H,21,22). The average Bonchev–Trinajstić information content (AvgIpc) is 2.70. The minimum absolute atomic E-state index is 0.230. The van der Waals surface area contributed by atoms with Crippen LogP contribution in [0.15, 0.2) is 42.5 Å². The third-order valence-corrected chi connectivity index (χ3v) is 3.87. The summed E-state index contributed by atoms with van der Waals surface area (Å²) in [5, 5.41) is 5.30. The van der Waals surface area contributed by atoms with Gasteiger partial charge in [-0.15, -0.1) is 0 Å². The van der Waals surface area contributed by atoms with E-state index in [1.165, 1.54) is 28.4 Å². The predicted octanol–water partition coefficient (Wildman–Crippen LogP) is 1.93. The van der Waals surface area contributed by atoms with E-state index >= 15 is 0 Å². The second-order valence-corrected chi connectivity index (χ2v) is 5.31. The maximum Gasteiger partial charge on any atom is 0.256 e. The Labute approximate surface area is 152 Å². The summed E-state index contributed by atoms with van der Waals surface area (Å²) in [6.07, 6.45) is 0. The lowest BCUT2D eigenvalue weighted by Crippen LogP contribution is -2.39. The number of hydrogen-bond acceptors (Lipinski definition) is 5. The minimum atomic E-state index is -0.841. The van der Waals surface area contributed by atoms with Crippen molar-refractivity contribution in [2.24, 2.45) is 0 Å². The van der Waals surface area contributed by atoms with E-state index in [4.69, 9.17) is 14.2 Å². The van der Waals surface area contributed by atoms with Crippen molar-refractivity contribution in [2.75, 3.05) is 28.4 Å². The number of likely N-dealkylation sites (N-methyl/N-ethyl adjacent to an activating group) is 1. The highest BCUT2D eigenvalue weighted by Gasteiger charge is 2.26. The van der Waals surface area contributed by atoms with Gasteiger partial charge < -0.3 is 24.8 Å². The van der Waals surface area contributed by atoms with E-state index in [1.54, 1.807) is 36.4 Å². The van der Waals surface area contributed by atoms with Gasteiger partial charge in [0.1, 0.15) is 6.04 Å². The lowest BCUT2D eigenvalue weighted by Gasteiger charge is -2.20. The number of carbonyl (C=O) groups is 2. The quantitative estimate of drug-likeness (QED) is 0.790. The maximum absolute atomic E-state index is 12.8. The number of methoxy groups -OCH3 is 3. The Morgan fingerprint density at radius 1 is 0.885 bits per heavy atom. The maximum atomic E-state index is 12.8. The minimum Gasteiger partial charge on any atom is -0.493 e. The summed E-state index contributed by atoms with van der Waals surface area (Å²) >= 11 is 0. The molecule has 0 heterocycles. The fourth-order valence-corrected chi connectivity index (χ4v) is 2.58. The van der Waals surface area contributed by atoms with Crippen LogP contribution in [0.1, 0.15) is 22.0 Å². The number of rotatable bonds is 7. The third kappa shape index (κ3) is 3.88. The zero-order chi connectivity index (χ0) is 19.1. The van der Waals surface area contributed by atoms with Crippen molar-refractivity contribution in [3.8, 4) is 17.2 Å². The molecule has 0 aliphatic heterocycles. The van der Waals surface area contributed by atoms with Crippen LogP contribution < -0.4 is 24.8 Å². The molecule has 2 N–H and O–H groups in total. The summed E-state index contributed by atoms with van der Waals surface area (Å²) in [5.41, 5.74) is 0.898. The smallest absolute Gasteiger partial charge is 0.256 e. The molecule has 0 spiro atoms. The van der Waals surface area contributed by atoms with Crippen molar-refractivity contribution < 1.29 is 23.8 Å². The molecule has 2 aromatic rings. The number of hydrogen-bond donors (Lipinski definition) is 2.